The molecule has 0 saturated heterocycles. The molecule has 0 N–H and O–H groups in total. The first-order valence-electron chi connectivity index (χ1n) is 7.15. The van der Waals surface area contributed by atoms with Gasteiger partial charge < -0.3 is 4.90 Å². The fourth-order valence-electron chi connectivity index (χ4n) is 2.80. The highest BCUT2D eigenvalue weighted by molar-refractivity contribution is 6.05. The van der Waals surface area contributed by atoms with Crippen LogP contribution in [0.15, 0.2) is 54.6 Å². The Balaban J connectivity index is 1.94. The van der Waals surface area contributed by atoms with E-state index in [1.54, 1.807) is 0 Å². The summed E-state index contributed by atoms with van der Waals surface area (Å²) in [6, 6.07) is 18.1. The molecule has 1 atom stereocenters. The summed E-state index contributed by atoms with van der Waals surface area (Å²) in [4.78, 5) is 14.6. The first-order valence-corrected chi connectivity index (χ1v) is 7.15. The molecule has 104 valence electrons. The Morgan fingerprint density at radius 1 is 1.05 bits per heavy atom. The largest absolute Gasteiger partial charge is 0.307 e. The predicted molar refractivity (Wildman–Crippen MR) is 84.9 cm³/mol. The molecule has 1 aliphatic heterocycles. The van der Waals surface area contributed by atoms with Crippen molar-refractivity contribution in [3.8, 4) is 11.8 Å². The quantitative estimate of drug-likeness (QED) is 0.782. The molecule has 21 heavy (non-hydrogen) atoms. The molecular weight excluding hydrogens is 258 g/mol. The monoisotopic (exact) mass is 275 g/mol. The third kappa shape index (κ3) is 2.55. The molecule has 0 saturated carbocycles. The van der Waals surface area contributed by atoms with Crippen molar-refractivity contribution in [3.05, 3.63) is 65.7 Å². The minimum absolute atomic E-state index is 0.127. The van der Waals surface area contributed by atoms with Crippen molar-refractivity contribution >= 4 is 11.6 Å². The smallest absolute Gasteiger partial charge is 0.235 e. The molecule has 3 rings (SSSR count). The first kappa shape index (κ1) is 13.5. The zero-order valence-corrected chi connectivity index (χ0v) is 12.0. The summed E-state index contributed by atoms with van der Waals surface area (Å²) in [7, 11) is 0. The first-order chi connectivity index (χ1) is 10.3. The van der Waals surface area contributed by atoms with E-state index in [2.05, 4.69) is 24.0 Å². The maximum atomic E-state index is 12.7. The van der Waals surface area contributed by atoms with Crippen molar-refractivity contribution < 1.29 is 4.79 Å². The maximum absolute atomic E-state index is 12.7. The summed E-state index contributed by atoms with van der Waals surface area (Å²) in [5.41, 5.74) is 3.26. The normalized spacial score (nSPS) is 16.3. The predicted octanol–water partition coefficient (Wildman–Crippen LogP) is 3.73. The number of hydrogen-bond acceptors (Lipinski definition) is 1. The summed E-state index contributed by atoms with van der Waals surface area (Å²) in [5.74, 6) is 5.97. The van der Waals surface area contributed by atoms with Crippen molar-refractivity contribution in [2.24, 2.45) is 0 Å². The van der Waals surface area contributed by atoms with Gasteiger partial charge in [-0.15, -0.1) is 11.8 Å². The highest BCUT2D eigenvalue weighted by Crippen LogP contribution is 2.39. The van der Waals surface area contributed by atoms with Gasteiger partial charge >= 0.3 is 0 Å². The van der Waals surface area contributed by atoms with Crippen LogP contribution in [0, 0.1) is 11.8 Å². The van der Waals surface area contributed by atoms with Crippen LogP contribution in [0.2, 0.25) is 0 Å². The SMILES string of the molecule is CC#CCC1C(=O)N(Cc2ccccc2)c2ccccc21. The third-order valence-electron chi connectivity index (χ3n) is 3.83. The highest BCUT2D eigenvalue weighted by atomic mass is 16.2. The molecule has 0 fully saturated rings. The number of benzene rings is 2. The number of carbonyl (C=O) groups is 1. The third-order valence-corrected chi connectivity index (χ3v) is 3.83. The standard InChI is InChI=1S/C19H17NO/c1-2-3-11-17-16-12-7-8-13-18(16)20(19(17)21)14-15-9-5-4-6-10-15/h4-10,12-13,17H,11,14H2,1H3. The number of anilines is 1. The molecule has 0 aliphatic carbocycles. The zero-order valence-electron chi connectivity index (χ0n) is 12.0. The number of hydrogen-bond donors (Lipinski definition) is 0. The van der Waals surface area contributed by atoms with Gasteiger partial charge in [0.25, 0.3) is 0 Å². The van der Waals surface area contributed by atoms with Crippen LogP contribution in [-0.4, -0.2) is 5.91 Å². The van der Waals surface area contributed by atoms with Crippen molar-refractivity contribution in [1.82, 2.24) is 0 Å². The van der Waals surface area contributed by atoms with Crippen molar-refractivity contribution in [1.29, 1.82) is 0 Å². The summed E-state index contributed by atoms with van der Waals surface area (Å²) in [6.45, 7) is 2.43. The molecule has 2 heteroatoms. The van der Waals surface area contributed by atoms with Gasteiger partial charge in [-0.3, -0.25) is 4.79 Å². The number of fused-ring (bicyclic) bond motifs is 1. The summed E-state index contributed by atoms with van der Waals surface area (Å²) < 4.78 is 0. The number of carbonyl (C=O) groups excluding carboxylic acids is 1. The Labute approximate surface area is 125 Å². The number of rotatable bonds is 3. The average Bonchev–Trinajstić information content (AvgIpc) is 2.79. The fourth-order valence-corrected chi connectivity index (χ4v) is 2.80. The molecular formula is C19H17NO. The Morgan fingerprint density at radius 3 is 2.52 bits per heavy atom. The van der Waals surface area contributed by atoms with Gasteiger partial charge in [0.05, 0.1) is 12.5 Å². The second kappa shape index (κ2) is 5.85. The molecule has 1 heterocycles. The molecule has 1 amide bonds. The van der Waals surface area contributed by atoms with Crippen LogP contribution < -0.4 is 4.90 Å². The van der Waals surface area contributed by atoms with E-state index >= 15 is 0 Å². The van der Waals surface area contributed by atoms with Crippen LogP contribution in [0.1, 0.15) is 30.4 Å². The minimum atomic E-state index is -0.127. The van der Waals surface area contributed by atoms with Crippen LogP contribution in [0.25, 0.3) is 0 Å². The molecule has 0 aromatic heterocycles. The van der Waals surface area contributed by atoms with Crippen molar-refractivity contribution in [2.45, 2.75) is 25.8 Å². The lowest BCUT2D eigenvalue weighted by Crippen LogP contribution is -2.28. The summed E-state index contributed by atoms with van der Waals surface area (Å²) in [6.07, 6.45) is 0.595. The van der Waals surface area contributed by atoms with Gasteiger partial charge in [0.2, 0.25) is 5.91 Å². The number of para-hydroxylation sites is 1. The second-order valence-corrected chi connectivity index (χ2v) is 5.15. The van der Waals surface area contributed by atoms with E-state index in [0.29, 0.717) is 13.0 Å². The van der Waals surface area contributed by atoms with E-state index in [-0.39, 0.29) is 11.8 Å². The molecule has 2 nitrogen and oxygen atoms in total. The van der Waals surface area contributed by atoms with Gasteiger partial charge in [0, 0.05) is 12.1 Å². The number of amides is 1. The van der Waals surface area contributed by atoms with E-state index in [1.807, 2.05) is 54.3 Å². The van der Waals surface area contributed by atoms with Crippen molar-refractivity contribution in [2.75, 3.05) is 4.90 Å². The molecule has 0 radical (unpaired) electrons. The lowest BCUT2D eigenvalue weighted by molar-refractivity contribution is -0.119. The molecule has 1 aliphatic rings. The summed E-state index contributed by atoms with van der Waals surface area (Å²) in [5, 5.41) is 0. The zero-order chi connectivity index (χ0) is 14.7. The van der Waals surface area contributed by atoms with Crippen LogP contribution in [0.4, 0.5) is 5.69 Å². The van der Waals surface area contributed by atoms with Crippen LogP contribution in [0.5, 0.6) is 0 Å². The van der Waals surface area contributed by atoms with Gasteiger partial charge in [0.1, 0.15) is 0 Å². The van der Waals surface area contributed by atoms with Crippen LogP contribution in [-0.2, 0) is 11.3 Å². The Morgan fingerprint density at radius 2 is 1.76 bits per heavy atom. The van der Waals surface area contributed by atoms with Crippen LogP contribution >= 0.6 is 0 Å². The lowest BCUT2D eigenvalue weighted by atomic mass is 9.98. The molecule has 2 aromatic rings. The molecule has 1 unspecified atom stereocenters. The van der Waals surface area contributed by atoms with E-state index in [1.165, 1.54) is 0 Å². The lowest BCUT2D eigenvalue weighted by Gasteiger charge is -2.18. The highest BCUT2D eigenvalue weighted by Gasteiger charge is 2.36. The minimum Gasteiger partial charge on any atom is -0.307 e. The van der Waals surface area contributed by atoms with Gasteiger partial charge in [-0.25, -0.2) is 0 Å². The van der Waals surface area contributed by atoms with Gasteiger partial charge in [-0.1, -0.05) is 48.5 Å². The van der Waals surface area contributed by atoms with Crippen molar-refractivity contribution in [3.63, 3.8) is 0 Å². The van der Waals surface area contributed by atoms with E-state index in [0.717, 1.165) is 16.8 Å². The van der Waals surface area contributed by atoms with Gasteiger partial charge in [0.15, 0.2) is 0 Å². The maximum Gasteiger partial charge on any atom is 0.235 e. The van der Waals surface area contributed by atoms with E-state index in [4.69, 9.17) is 0 Å². The summed E-state index contributed by atoms with van der Waals surface area (Å²) >= 11 is 0. The topological polar surface area (TPSA) is 20.3 Å². The van der Waals surface area contributed by atoms with E-state index in [9.17, 15) is 4.79 Å². The Bertz CT molecular complexity index is 709. The Hall–Kier alpha value is -2.53. The van der Waals surface area contributed by atoms with Gasteiger partial charge in [-0.2, -0.15) is 0 Å². The Kier molecular flexibility index (Phi) is 3.75. The van der Waals surface area contributed by atoms with Crippen LogP contribution in [0.3, 0.4) is 0 Å². The number of nitrogens with zero attached hydrogens (tertiary/aromatic N) is 1. The van der Waals surface area contributed by atoms with Gasteiger partial charge in [-0.05, 0) is 24.1 Å². The molecule has 2 aromatic carbocycles. The average molecular weight is 275 g/mol. The second-order valence-electron chi connectivity index (χ2n) is 5.15. The van der Waals surface area contributed by atoms with E-state index < -0.39 is 0 Å². The molecule has 0 bridgehead atoms. The molecule has 0 spiro atoms. The fraction of sp³-hybridized carbons (Fsp3) is 0.211.